The van der Waals surface area contributed by atoms with Crippen LogP contribution in [0.3, 0.4) is 0 Å². The zero-order valence-corrected chi connectivity index (χ0v) is 31.4. The molecule has 0 spiro atoms. The molecule has 0 atom stereocenters. The number of rotatable bonds is 9. The van der Waals surface area contributed by atoms with Crippen molar-refractivity contribution in [3.8, 4) is 16.9 Å². The predicted molar refractivity (Wildman–Crippen MR) is 150 cm³/mol. The molecule has 0 saturated heterocycles. The van der Waals surface area contributed by atoms with Gasteiger partial charge in [-0.15, -0.1) is 19.2 Å². The number of pyridine rings is 2. The van der Waals surface area contributed by atoms with E-state index in [2.05, 4.69) is 19.8 Å². The van der Waals surface area contributed by atoms with E-state index in [-0.39, 0.29) is 138 Å². The van der Waals surface area contributed by atoms with Gasteiger partial charge in [-0.25, -0.2) is 5.10 Å². The van der Waals surface area contributed by atoms with Gasteiger partial charge in [-0.05, 0) is 66.0 Å². The summed E-state index contributed by atoms with van der Waals surface area (Å²) >= 11 is 5.88. The maximum atomic E-state index is 14.9. The number of hydrogen-bond donors (Lipinski definition) is 1. The van der Waals surface area contributed by atoms with Gasteiger partial charge in [0.2, 0.25) is 0 Å². The van der Waals surface area contributed by atoms with E-state index in [9.17, 15) is 31.5 Å². The summed E-state index contributed by atoms with van der Waals surface area (Å²) in [5, 5.41) is 4.74. The molecule has 4 aromatic rings. The number of fused-ring (bicyclic) bond motifs is 2. The molecular weight excluding hydrogens is 760 g/mol. The molecule has 4 heterocycles. The molecule has 6 rings (SSSR count). The minimum absolute atomic E-state index is 0. The monoisotopic (exact) mass is 782 g/mol. The van der Waals surface area contributed by atoms with Gasteiger partial charge in [0.1, 0.15) is 0 Å². The van der Waals surface area contributed by atoms with Crippen LogP contribution in [0.2, 0.25) is 5.02 Å². The zero-order chi connectivity index (χ0) is 32.3. The Morgan fingerprint density at radius 3 is 2.59 bits per heavy atom. The Bertz CT molecular complexity index is 1820. The van der Waals surface area contributed by atoms with E-state index < -0.39 is 30.9 Å². The average molecular weight is 783 g/mol. The number of nitrogens with two attached hydrogens (primary N) is 1. The summed E-state index contributed by atoms with van der Waals surface area (Å²) in [5.41, 5.74) is 6.93. The van der Waals surface area contributed by atoms with Gasteiger partial charge in [-0.2, -0.15) is 8.78 Å². The minimum atomic E-state index is -4.89. The van der Waals surface area contributed by atoms with Gasteiger partial charge in [-0.3, -0.25) is 19.5 Å². The zero-order valence-electron chi connectivity index (χ0n) is 24.4. The Balaban J connectivity index is 0.00000417. The summed E-state index contributed by atoms with van der Waals surface area (Å²) in [5.74, 6) is -2.62. The third-order valence-corrected chi connectivity index (χ3v) is 7.63. The van der Waals surface area contributed by atoms with Gasteiger partial charge >= 0.3 is 87.3 Å². The standard InChI is InChI=1S/C29H23ClF5N6O4.Cs/c1-14(13-44-29(33,34)35)41-26-19(11-38-41)23(24(25(36)42)20(39-26)8-15-2-3-15)16-4-7-21-22(9-16)45-28(31,32)27(43)40(21)12-18-6-5-17(30)10-37-18;/h4-7,9-11,15H,2-3,8,12-13H2,1H3,(H2,36,42);/q-1;+1. The molecule has 1 fully saturated rings. The van der Waals surface area contributed by atoms with Crippen molar-refractivity contribution in [1.29, 1.82) is 0 Å². The SMILES string of the molecule is C[C-](COC(F)(F)F)n1ncc2c(-c3ccc4c(c3)OC(F)(F)C(=O)N4Cc3ccc(Cl)cn3)c(C(N)=O)c(CC3CC3)nc21.[Cs+]. The fraction of sp³-hybridized carbons (Fsp3) is 0.310. The second-order valence-electron chi connectivity index (χ2n) is 10.7. The summed E-state index contributed by atoms with van der Waals surface area (Å²) < 4.78 is 78.1. The molecule has 236 valence electrons. The van der Waals surface area contributed by atoms with Crippen molar-refractivity contribution in [3.05, 3.63) is 70.7 Å². The number of halogens is 6. The number of anilines is 1. The van der Waals surface area contributed by atoms with Crippen LogP contribution < -0.4 is 84.3 Å². The normalized spacial score (nSPS) is 15.7. The first-order valence-corrected chi connectivity index (χ1v) is 14.0. The molecule has 1 aliphatic carbocycles. The second-order valence-corrected chi connectivity index (χ2v) is 11.2. The molecule has 0 bridgehead atoms. The van der Waals surface area contributed by atoms with Crippen molar-refractivity contribution in [3.63, 3.8) is 0 Å². The van der Waals surface area contributed by atoms with Crippen molar-refractivity contribution in [2.24, 2.45) is 11.7 Å². The van der Waals surface area contributed by atoms with E-state index in [0.29, 0.717) is 11.4 Å². The number of benzene rings is 1. The predicted octanol–water partition coefficient (Wildman–Crippen LogP) is 2.66. The van der Waals surface area contributed by atoms with E-state index in [1.807, 2.05) is 0 Å². The Hall–Kier alpha value is -2.45. The summed E-state index contributed by atoms with van der Waals surface area (Å²) in [6.45, 7) is 0.208. The maximum absolute atomic E-state index is 14.9. The molecule has 0 unspecified atom stereocenters. The first-order chi connectivity index (χ1) is 21.2. The first kappa shape index (κ1) is 34.9. The van der Waals surface area contributed by atoms with Crippen LogP contribution in [0.5, 0.6) is 5.75 Å². The fourth-order valence-corrected chi connectivity index (χ4v) is 5.28. The van der Waals surface area contributed by atoms with E-state index >= 15 is 0 Å². The van der Waals surface area contributed by atoms with Crippen molar-refractivity contribution in [2.75, 3.05) is 11.5 Å². The van der Waals surface area contributed by atoms with Crippen molar-refractivity contribution in [2.45, 2.75) is 45.2 Å². The average Bonchev–Trinajstić information content (AvgIpc) is 3.69. The topological polar surface area (TPSA) is 125 Å². The minimum Gasteiger partial charge on any atom is -0.423 e. The van der Waals surface area contributed by atoms with Crippen LogP contribution in [0.1, 0.15) is 41.5 Å². The van der Waals surface area contributed by atoms with Crippen LogP contribution in [-0.2, 0) is 22.5 Å². The van der Waals surface area contributed by atoms with E-state index in [4.69, 9.17) is 22.1 Å². The molecule has 10 nitrogen and oxygen atoms in total. The molecule has 46 heavy (non-hydrogen) atoms. The van der Waals surface area contributed by atoms with Gasteiger partial charge in [0, 0.05) is 30.3 Å². The molecule has 2 aliphatic rings. The van der Waals surface area contributed by atoms with E-state index in [0.717, 1.165) is 22.4 Å². The van der Waals surface area contributed by atoms with Crippen LogP contribution in [0.25, 0.3) is 22.2 Å². The molecule has 3 aromatic heterocycles. The van der Waals surface area contributed by atoms with Crippen LogP contribution in [0.15, 0.2) is 42.7 Å². The van der Waals surface area contributed by atoms with Crippen molar-refractivity contribution in [1.82, 2.24) is 19.7 Å². The van der Waals surface area contributed by atoms with Crippen LogP contribution in [-0.4, -0.2) is 50.6 Å². The first-order valence-electron chi connectivity index (χ1n) is 13.6. The number of nitrogens with zero attached hydrogens (tertiary/aromatic N) is 5. The third-order valence-electron chi connectivity index (χ3n) is 7.40. The summed E-state index contributed by atoms with van der Waals surface area (Å²) in [7, 11) is 0. The van der Waals surface area contributed by atoms with Crippen LogP contribution in [0, 0.1) is 12.0 Å². The number of ether oxygens (including phenoxy) is 2. The third kappa shape index (κ3) is 7.18. The van der Waals surface area contributed by atoms with Gasteiger partial charge in [-0.1, -0.05) is 24.6 Å². The summed E-state index contributed by atoms with van der Waals surface area (Å²) in [6.07, 6.45) is -4.40. The molecule has 0 radical (unpaired) electrons. The quantitative estimate of drug-likeness (QED) is 0.205. The van der Waals surface area contributed by atoms with Gasteiger partial charge < -0.3 is 24.9 Å². The number of primary amides is 1. The Morgan fingerprint density at radius 1 is 1.22 bits per heavy atom. The fourth-order valence-electron chi connectivity index (χ4n) is 5.17. The number of hydrogen-bond acceptors (Lipinski definition) is 7. The molecule has 17 heteroatoms. The molecule has 1 saturated carbocycles. The number of carbonyl (C=O) groups is 2. The molecule has 1 aromatic carbocycles. The molecule has 2 N–H and O–H groups in total. The number of alkyl halides is 5. The molecular formula is C29H23ClCsF5N6O4. The van der Waals surface area contributed by atoms with E-state index in [1.165, 1.54) is 49.6 Å². The Labute approximate surface area is 322 Å². The largest absolute Gasteiger partial charge is 1.00 e. The Morgan fingerprint density at radius 2 is 1.96 bits per heavy atom. The van der Waals surface area contributed by atoms with Crippen molar-refractivity contribution >= 4 is 40.1 Å². The number of amides is 2. The maximum Gasteiger partial charge on any atom is 1.00 e. The Kier molecular flexibility index (Phi) is 10.0. The van der Waals surface area contributed by atoms with Crippen LogP contribution >= 0.6 is 11.6 Å². The van der Waals surface area contributed by atoms with Gasteiger partial charge in [0.25, 0.3) is 5.91 Å². The molecule has 1 aliphatic heterocycles. The van der Waals surface area contributed by atoms with Gasteiger partial charge in [0.05, 0.1) is 28.5 Å². The van der Waals surface area contributed by atoms with E-state index in [1.54, 1.807) is 0 Å². The summed E-state index contributed by atoms with van der Waals surface area (Å²) in [6, 6.07) is 7.14. The molecule has 2 amide bonds. The summed E-state index contributed by atoms with van der Waals surface area (Å²) in [4.78, 5) is 35.1. The van der Waals surface area contributed by atoms with Gasteiger partial charge in [0.15, 0.2) is 5.75 Å². The number of aromatic nitrogens is 4. The number of carbonyl (C=O) groups excluding carboxylic acids is 2. The van der Waals surface area contributed by atoms with Crippen LogP contribution in [0.4, 0.5) is 27.6 Å². The smallest absolute Gasteiger partial charge is 0.423 e. The second kappa shape index (κ2) is 13.2. The van der Waals surface area contributed by atoms with Crippen molar-refractivity contribution < 1.29 is 110 Å².